The number of aromatic amines is 1. The van der Waals surface area contributed by atoms with Crippen LogP contribution in [0.3, 0.4) is 0 Å². The standard InChI is InChI=1S/C35H42N6O7/c1-4-29(42)40-30-21(3)48-35(47)27(18-23-19-36-25-14-9-8-13-24(23)25)39-32(44)28-15-10-16-41(28)34(46)20(2)37-31(43)26(38-33(30)45)17-22-11-6-5-7-12-22/h5-9,11-14,19-21,26-28,30,36H,4,10,15-18H2,1-3H3,(H,37,43)(H,38,45)(H,39,44)(H,40,42)/t20-,21-,26-,27+,28+,30+/m1/s1. The number of benzene rings is 2. The number of cyclic esters (lactones) is 1. The zero-order valence-corrected chi connectivity index (χ0v) is 27.3. The highest BCUT2D eigenvalue weighted by Crippen LogP contribution is 2.22. The number of esters is 1. The van der Waals surface area contributed by atoms with Crippen molar-refractivity contribution in [3.05, 3.63) is 71.9 Å². The van der Waals surface area contributed by atoms with Crippen LogP contribution in [0.15, 0.2) is 60.8 Å². The normalized spacial score (nSPS) is 25.9. The maximum atomic E-state index is 13.9. The fourth-order valence-electron chi connectivity index (χ4n) is 6.23. The van der Waals surface area contributed by atoms with Crippen LogP contribution in [0, 0.1) is 0 Å². The molecule has 5 N–H and O–H groups in total. The van der Waals surface area contributed by atoms with Gasteiger partial charge in [0.1, 0.15) is 36.3 Å². The number of fused-ring (bicyclic) bond motifs is 2. The Balaban J connectivity index is 1.50. The van der Waals surface area contributed by atoms with Crippen molar-refractivity contribution >= 4 is 46.4 Å². The lowest BCUT2D eigenvalue weighted by atomic mass is 10.0. The third-order valence-corrected chi connectivity index (χ3v) is 8.87. The SMILES string of the molecule is CCC(=O)N[C@@H]1C(=O)N[C@H](Cc2ccccc2)C(=O)N[C@H](C)C(=O)N2CCC[C@H]2C(=O)N[C@@H](Cc2c[nH]c3ccccc23)C(=O)O[C@@H]1C. The average Bonchev–Trinajstić information content (AvgIpc) is 3.74. The van der Waals surface area contributed by atoms with Crippen LogP contribution in [0.25, 0.3) is 10.9 Å². The summed E-state index contributed by atoms with van der Waals surface area (Å²) >= 11 is 0. The quantitative estimate of drug-likeness (QED) is 0.248. The predicted octanol–water partition coefficient (Wildman–Crippen LogP) is 1.26. The van der Waals surface area contributed by atoms with Crippen LogP contribution >= 0.6 is 0 Å². The van der Waals surface area contributed by atoms with Crippen molar-refractivity contribution in [3.8, 4) is 0 Å². The van der Waals surface area contributed by atoms with Crippen molar-refractivity contribution in [1.29, 1.82) is 0 Å². The molecule has 3 aromatic rings. The molecule has 0 aliphatic carbocycles. The lowest BCUT2D eigenvalue weighted by Gasteiger charge is -2.31. The fraction of sp³-hybridized carbons (Fsp3) is 0.429. The van der Waals surface area contributed by atoms with E-state index in [2.05, 4.69) is 26.3 Å². The summed E-state index contributed by atoms with van der Waals surface area (Å²) < 4.78 is 5.81. The van der Waals surface area contributed by atoms with Crippen molar-refractivity contribution in [2.75, 3.05) is 6.54 Å². The van der Waals surface area contributed by atoms with Crippen LogP contribution in [0.2, 0.25) is 0 Å². The molecule has 5 rings (SSSR count). The van der Waals surface area contributed by atoms with Crippen LogP contribution in [0.1, 0.15) is 51.2 Å². The van der Waals surface area contributed by atoms with E-state index in [1.165, 1.54) is 18.7 Å². The number of ether oxygens (including phenoxy) is 1. The molecular formula is C35H42N6O7. The smallest absolute Gasteiger partial charge is 0.329 e. The van der Waals surface area contributed by atoms with Gasteiger partial charge in [-0.25, -0.2) is 4.79 Å². The number of nitrogens with one attached hydrogen (secondary N) is 5. The molecule has 2 fully saturated rings. The summed E-state index contributed by atoms with van der Waals surface area (Å²) in [6.07, 6.45) is 1.70. The van der Waals surface area contributed by atoms with Gasteiger partial charge in [0, 0.05) is 42.9 Å². The van der Waals surface area contributed by atoms with E-state index in [-0.39, 0.29) is 19.3 Å². The second-order valence-electron chi connectivity index (χ2n) is 12.3. The van der Waals surface area contributed by atoms with E-state index in [9.17, 15) is 28.8 Å². The molecule has 48 heavy (non-hydrogen) atoms. The first kappa shape index (κ1) is 34.1. The first-order chi connectivity index (χ1) is 23.0. The number of hydrogen-bond donors (Lipinski definition) is 5. The Bertz CT molecular complexity index is 1670. The molecule has 254 valence electrons. The first-order valence-corrected chi connectivity index (χ1v) is 16.4. The summed E-state index contributed by atoms with van der Waals surface area (Å²) in [4.78, 5) is 85.8. The zero-order valence-electron chi connectivity index (χ0n) is 27.3. The van der Waals surface area contributed by atoms with Crippen molar-refractivity contribution in [3.63, 3.8) is 0 Å². The zero-order chi connectivity index (χ0) is 34.4. The first-order valence-electron chi connectivity index (χ1n) is 16.4. The van der Waals surface area contributed by atoms with E-state index in [1.807, 2.05) is 30.3 Å². The number of H-pyrrole nitrogens is 1. The molecule has 2 aromatic carbocycles. The lowest BCUT2D eigenvalue weighted by molar-refractivity contribution is -0.156. The number of aromatic nitrogens is 1. The highest BCUT2D eigenvalue weighted by molar-refractivity contribution is 5.97. The van der Waals surface area contributed by atoms with Crippen LogP contribution < -0.4 is 21.3 Å². The molecule has 1 aromatic heterocycles. The number of amides is 5. The van der Waals surface area contributed by atoms with E-state index in [0.29, 0.717) is 19.4 Å². The van der Waals surface area contributed by atoms with E-state index in [0.717, 1.165) is 22.0 Å². The topological polar surface area (TPSA) is 179 Å². The second kappa shape index (κ2) is 15.1. The Morgan fingerprint density at radius 2 is 1.58 bits per heavy atom. The highest BCUT2D eigenvalue weighted by Gasteiger charge is 2.40. The second-order valence-corrected chi connectivity index (χ2v) is 12.3. The summed E-state index contributed by atoms with van der Waals surface area (Å²) in [5, 5.41) is 11.7. The van der Waals surface area contributed by atoms with Crippen molar-refractivity contribution < 1.29 is 33.5 Å². The number of carbonyl (C=O) groups is 6. The summed E-state index contributed by atoms with van der Waals surface area (Å²) in [5.74, 6) is -3.66. The predicted molar refractivity (Wildman–Crippen MR) is 176 cm³/mol. The molecule has 2 saturated heterocycles. The minimum Gasteiger partial charge on any atom is -0.458 e. The van der Waals surface area contributed by atoms with Crippen molar-refractivity contribution in [1.82, 2.24) is 31.2 Å². The van der Waals surface area contributed by atoms with Crippen LogP contribution in [0.5, 0.6) is 0 Å². The van der Waals surface area contributed by atoms with Gasteiger partial charge in [-0.3, -0.25) is 24.0 Å². The van der Waals surface area contributed by atoms with Gasteiger partial charge in [-0.2, -0.15) is 0 Å². The Labute approximate surface area is 278 Å². The molecule has 0 unspecified atom stereocenters. The van der Waals surface area contributed by atoms with Gasteiger partial charge < -0.3 is 35.9 Å². The summed E-state index contributed by atoms with van der Waals surface area (Å²) in [6.45, 7) is 4.91. The highest BCUT2D eigenvalue weighted by atomic mass is 16.5. The summed E-state index contributed by atoms with van der Waals surface area (Å²) in [6, 6.07) is 11.0. The molecular weight excluding hydrogens is 616 g/mol. The number of carbonyl (C=O) groups excluding carboxylic acids is 6. The van der Waals surface area contributed by atoms with E-state index in [1.54, 1.807) is 37.4 Å². The fourth-order valence-corrected chi connectivity index (χ4v) is 6.23. The largest absolute Gasteiger partial charge is 0.458 e. The monoisotopic (exact) mass is 658 g/mol. The van der Waals surface area contributed by atoms with Gasteiger partial charge in [0.05, 0.1) is 0 Å². The molecule has 2 aliphatic heterocycles. The number of hydrogen-bond acceptors (Lipinski definition) is 7. The van der Waals surface area contributed by atoms with Gasteiger partial charge in [-0.05, 0) is 43.9 Å². The van der Waals surface area contributed by atoms with E-state index in [4.69, 9.17) is 4.74 Å². The molecule has 0 spiro atoms. The lowest BCUT2D eigenvalue weighted by Crippen LogP contribution is -2.61. The maximum Gasteiger partial charge on any atom is 0.329 e. The maximum absolute atomic E-state index is 13.9. The van der Waals surface area contributed by atoms with E-state index < -0.39 is 71.8 Å². The molecule has 13 nitrogen and oxygen atoms in total. The molecule has 5 amide bonds. The molecule has 0 bridgehead atoms. The number of para-hydroxylation sites is 1. The van der Waals surface area contributed by atoms with Crippen LogP contribution in [0.4, 0.5) is 0 Å². The van der Waals surface area contributed by atoms with Crippen molar-refractivity contribution in [2.45, 2.75) is 89.2 Å². The Morgan fingerprint density at radius 3 is 2.33 bits per heavy atom. The minimum atomic E-state index is -1.37. The molecule has 0 radical (unpaired) electrons. The van der Waals surface area contributed by atoms with Crippen molar-refractivity contribution in [2.24, 2.45) is 0 Å². The van der Waals surface area contributed by atoms with E-state index >= 15 is 0 Å². The number of rotatable bonds is 6. The molecule has 3 heterocycles. The Hall–Kier alpha value is -5.20. The van der Waals surface area contributed by atoms with Gasteiger partial charge in [-0.15, -0.1) is 0 Å². The van der Waals surface area contributed by atoms with Gasteiger partial charge in [0.15, 0.2) is 0 Å². The van der Waals surface area contributed by atoms with Crippen LogP contribution in [-0.2, 0) is 46.3 Å². The Morgan fingerprint density at radius 1 is 0.875 bits per heavy atom. The van der Waals surface area contributed by atoms with Gasteiger partial charge >= 0.3 is 5.97 Å². The summed E-state index contributed by atoms with van der Waals surface area (Å²) in [5.41, 5.74) is 2.35. The summed E-state index contributed by atoms with van der Waals surface area (Å²) in [7, 11) is 0. The third-order valence-electron chi connectivity index (χ3n) is 8.87. The molecule has 2 aliphatic rings. The third kappa shape index (κ3) is 7.84. The van der Waals surface area contributed by atoms with Crippen LogP contribution in [-0.4, -0.2) is 88.2 Å². The Kier molecular flexibility index (Phi) is 10.8. The molecule has 6 atom stereocenters. The minimum absolute atomic E-state index is 0.0507. The molecule has 0 saturated carbocycles. The molecule has 13 heteroatoms. The van der Waals surface area contributed by atoms with Gasteiger partial charge in [0.25, 0.3) is 0 Å². The average molecular weight is 659 g/mol. The number of nitrogens with zero attached hydrogens (tertiary/aromatic N) is 1. The van der Waals surface area contributed by atoms with Gasteiger partial charge in [-0.1, -0.05) is 55.5 Å². The van der Waals surface area contributed by atoms with Gasteiger partial charge in [0.2, 0.25) is 29.5 Å².